The van der Waals surface area contributed by atoms with Gasteiger partial charge in [0.05, 0.1) is 17.6 Å². The molecule has 1 N–H and O–H groups in total. The molecule has 2 heterocycles. The van der Waals surface area contributed by atoms with Gasteiger partial charge in [0.25, 0.3) is 5.91 Å². The maximum atomic E-state index is 12.1. The van der Waals surface area contributed by atoms with Crippen LogP contribution in [0.2, 0.25) is 0 Å². The van der Waals surface area contributed by atoms with Crippen LogP contribution in [-0.2, 0) is 17.7 Å². The first-order valence-electron chi connectivity index (χ1n) is 8.49. The molecular formula is C19H22N4O2. The van der Waals surface area contributed by atoms with Crippen molar-refractivity contribution in [2.75, 3.05) is 19.8 Å². The summed E-state index contributed by atoms with van der Waals surface area (Å²) in [7, 11) is 0. The molecule has 0 fully saturated rings. The third kappa shape index (κ3) is 4.22. The molecule has 0 spiro atoms. The van der Waals surface area contributed by atoms with Gasteiger partial charge in [0.2, 0.25) is 0 Å². The van der Waals surface area contributed by atoms with Gasteiger partial charge in [-0.3, -0.25) is 9.78 Å². The number of aromatic nitrogens is 3. The lowest BCUT2D eigenvalue weighted by Gasteiger charge is -2.10. The average molecular weight is 338 g/mol. The second-order valence-corrected chi connectivity index (χ2v) is 5.61. The number of ether oxygens (including phenoxy) is 1. The smallest absolute Gasteiger partial charge is 0.251 e. The Morgan fingerprint density at radius 1 is 1.20 bits per heavy atom. The molecule has 0 bridgehead atoms. The minimum Gasteiger partial charge on any atom is -0.380 e. The zero-order valence-electron chi connectivity index (χ0n) is 14.3. The van der Waals surface area contributed by atoms with Crippen LogP contribution in [-0.4, -0.2) is 40.2 Å². The normalized spacial score (nSPS) is 10.9. The molecule has 1 amide bonds. The summed E-state index contributed by atoms with van der Waals surface area (Å²) >= 11 is 0. The number of hydrogen-bond acceptors (Lipinski definition) is 4. The molecule has 6 nitrogen and oxygen atoms in total. The van der Waals surface area contributed by atoms with Gasteiger partial charge in [-0.1, -0.05) is 12.1 Å². The van der Waals surface area contributed by atoms with Gasteiger partial charge in [-0.15, -0.1) is 0 Å². The first-order chi connectivity index (χ1) is 12.3. The van der Waals surface area contributed by atoms with Crippen molar-refractivity contribution >= 4 is 16.9 Å². The van der Waals surface area contributed by atoms with E-state index in [-0.39, 0.29) is 5.91 Å². The zero-order chi connectivity index (χ0) is 17.5. The molecule has 0 unspecified atom stereocenters. The number of nitrogens with one attached hydrogen (secondary N) is 1. The summed E-state index contributed by atoms with van der Waals surface area (Å²) in [6.07, 6.45) is 3.89. The number of para-hydroxylation sites is 2. The van der Waals surface area contributed by atoms with Gasteiger partial charge in [0, 0.05) is 44.1 Å². The number of amides is 1. The lowest BCUT2D eigenvalue weighted by molar-refractivity contribution is 0.0953. The first-order valence-corrected chi connectivity index (χ1v) is 8.49. The lowest BCUT2D eigenvalue weighted by atomic mass is 10.2. The summed E-state index contributed by atoms with van der Waals surface area (Å²) in [6, 6.07) is 11.5. The highest BCUT2D eigenvalue weighted by atomic mass is 16.5. The Labute approximate surface area is 146 Å². The Bertz CT molecular complexity index is 830. The summed E-state index contributed by atoms with van der Waals surface area (Å²) in [6.45, 7) is 4.61. The number of benzene rings is 1. The summed E-state index contributed by atoms with van der Waals surface area (Å²) in [4.78, 5) is 20.7. The van der Waals surface area contributed by atoms with Crippen LogP contribution < -0.4 is 5.32 Å². The Kier molecular flexibility index (Phi) is 5.74. The number of carbonyl (C=O) groups is 1. The summed E-state index contributed by atoms with van der Waals surface area (Å²) in [5, 5.41) is 2.93. The van der Waals surface area contributed by atoms with E-state index in [4.69, 9.17) is 9.72 Å². The van der Waals surface area contributed by atoms with Gasteiger partial charge in [-0.25, -0.2) is 4.98 Å². The SMILES string of the molecule is CCOCCn1c(CCNC(=O)c2ccncc2)nc2ccccc21. The van der Waals surface area contributed by atoms with Crippen LogP contribution in [0.15, 0.2) is 48.8 Å². The van der Waals surface area contributed by atoms with Gasteiger partial charge < -0.3 is 14.6 Å². The van der Waals surface area contributed by atoms with Crippen molar-refractivity contribution in [2.24, 2.45) is 0 Å². The van der Waals surface area contributed by atoms with Crippen molar-refractivity contribution in [3.05, 3.63) is 60.2 Å². The molecule has 2 aromatic heterocycles. The molecule has 6 heteroatoms. The molecule has 0 saturated heterocycles. The van der Waals surface area contributed by atoms with E-state index in [1.54, 1.807) is 24.5 Å². The van der Waals surface area contributed by atoms with Gasteiger partial charge in [-0.2, -0.15) is 0 Å². The van der Waals surface area contributed by atoms with Crippen molar-refractivity contribution in [1.29, 1.82) is 0 Å². The summed E-state index contributed by atoms with van der Waals surface area (Å²) < 4.78 is 7.66. The van der Waals surface area contributed by atoms with Crippen LogP contribution in [0.1, 0.15) is 23.1 Å². The fourth-order valence-electron chi connectivity index (χ4n) is 2.76. The molecule has 3 rings (SSSR count). The molecule has 3 aromatic rings. The van der Waals surface area contributed by atoms with E-state index >= 15 is 0 Å². The standard InChI is InChI=1S/C19H22N4O2/c1-2-25-14-13-23-17-6-4-3-5-16(17)22-18(23)9-12-21-19(24)15-7-10-20-11-8-15/h3-8,10-11H,2,9,12-14H2,1H3,(H,21,24). The lowest BCUT2D eigenvalue weighted by Crippen LogP contribution is -2.26. The number of nitrogens with zero attached hydrogens (tertiary/aromatic N) is 3. The Balaban J connectivity index is 1.68. The van der Waals surface area contributed by atoms with Crippen LogP contribution in [0.25, 0.3) is 11.0 Å². The van der Waals surface area contributed by atoms with Gasteiger partial charge in [0.15, 0.2) is 0 Å². The Hall–Kier alpha value is -2.73. The van der Waals surface area contributed by atoms with E-state index in [0.717, 1.165) is 23.4 Å². The summed E-state index contributed by atoms with van der Waals surface area (Å²) in [5.41, 5.74) is 2.67. The van der Waals surface area contributed by atoms with Crippen molar-refractivity contribution in [1.82, 2.24) is 19.9 Å². The van der Waals surface area contributed by atoms with Crippen molar-refractivity contribution < 1.29 is 9.53 Å². The van der Waals surface area contributed by atoms with E-state index < -0.39 is 0 Å². The van der Waals surface area contributed by atoms with Crippen LogP contribution in [0.3, 0.4) is 0 Å². The molecule has 25 heavy (non-hydrogen) atoms. The zero-order valence-corrected chi connectivity index (χ0v) is 14.3. The Morgan fingerprint density at radius 2 is 2.00 bits per heavy atom. The van der Waals surface area contributed by atoms with Gasteiger partial charge >= 0.3 is 0 Å². The predicted molar refractivity (Wildman–Crippen MR) is 96.5 cm³/mol. The first kappa shape index (κ1) is 17.1. The number of hydrogen-bond donors (Lipinski definition) is 1. The molecule has 130 valence electrons. The van der Waals surface area contributed by atoms with E-state index in [1.807, 2.05) is 25.1 Å². The number of rotatable bonds is 8. The topological polar surface area (TPSA) is 69.0 Å². The number of fused-ring (bicyclic) bond motifs is 1. The second-order valence-electron chi connectivity index (χ2n) is 5.61. The fraction of sp³-hybridized carbons (Fsp3) is 0.316. The molecule has 0 aliphatic carbocycles. The molecule has 0 aliphatic heterocycles. The number of carbonyl (C=O) groups excluding carboxylic acids is 1. The van der Waals surface area contributed by atoms with E-state index in [0.29, 0.717) is 31.7 Å². The molecule has 0 aliphatic rings. The predicted octanol–water partition coefficient (Wildman–Crippen LogP) is 2.44. The minimum absolute atomic E-state index is 0.0978. The molecule has 1 aromatic carbocycles. The third-order valence-electron chi connectivity index (χ3n) is 3.97. The van der Waals surface area contributed by atoms with Crippen molar-refractivity contribution in [3.63, 3.8) is 0 Å². The highest BCUT2D eigenvalue weighted by molar-refractivity contribution is 5.93. The molecule has 0 radical (unpaired) electrons. The van der Waals surface area contributed by atoms with E-state index in [1.165, 1.54) is 0 Å². The minimum atomic E-state index is -0.0978. The van der Waals surface area contributed by atoms with Crippen LogP contribution in [0, 0.1) is 0 Å². The van der Waals surface area contributed by atoms with Crippen LogP contribution in [0.5, 0.6) is 0 Å². The van der Waals surface area contributed by atoms with E-state index in [9.17, 15) is 4.79 Å². The monoisotopic (exact) mass is 338 g/mol. The van der Waals surface area contributed by atoms with Crippen LogP contribution in [0.4, 0.5) is 0 Å². The maximum Gasteiger partial charge on any atom is 0.251 e. The second kappa shape index (κ2) is 8.39. The maximum absolute atomic E-state index is 12.1. The summed E-state index contributed by atoms with van der Waals surface area (Å²) in [5.74, 6) is 0.857. The molecule has 0 atom stereocenters. The Morgan fingerprint density at radius 3 is 2.80 bits per heavy atom. The van der Waals surface area contributed by atoms with Crippen molar-refractivity contribution in [2.45, 2.75) is 19.9 Å². The van der Waals surface area contributed by atoms with Crippen molar-refractivity contribution in [3.8, 4) is 0 Å². The quantitative estimate of drug-likeness (QED) is 0.641. The largest absolute Gasteiger partial charge is 0.380 e. The van der Waals surface area contributed by atoms with Crippen LogP contribution >= 0.6 is 0 Å². The van der Waals surface area contributed by atoms with Gasteiger partial charge in [-0.05, 0) is 31.2 Å². The average Bonchev–Trinajstić information content (AvgIpc) is 3.00. The molecule has 0 saturated carbocycles. The number of imidazole rings is 1. The number of pyridine rings is 1. The highest BCUT2D eigenvalue weighted by Crippen LogP contribution is 2.16. The fourth-order valence-corrected chi connectivity index (χ4v) is 2.76. The van der Waals surface area contributed by atoms with E-state index in [2.05, 4.69) is 20.9 Å². The molecular weight excluding hydrogens is 316 g/mol. The third-order valence-corrected chi connectivity index (χ3v) is 3.97. The highest BCUT2D eigenvalue weighted by Gasteiger charge is 2.11. The van der Waals surface area contributed by atoms with Gasteiger partial charge in [0.1, 0.15) is 5.82 Å².